The van der Waals surface area contributed by atoms with Gasteiger partial charge in [-0.3, -0.25) is 0 Å². The van der Waals surface area contributed by atoms with Gasteiger partial charge in [0.05, 0.1) is 0 Å². The molecule has 2 aromatic rings. The molecular weight excluding hydrogens is 282 g/mol. The van der Waals surface area contributed by atoms with Crippen LogP contribution in [0, 0.1) is 5.92 Å². The van der Waals surface area contributed by atoms with Crippen LogP contribution >= 0.6 is 11.6 Å². The van der Waals surface area contributed by atoms with Gasteiger partial charge in [0.25, 0.3) is 0 Å². The van der Waals surface area contributed by atoms with Crippen molar-refractivity contribution in [3.05, 3.63) is 41.4 Å². The van der Waals surface area contributed by atoms with Crippen molar-refractivity contribution in [2.24, 2.45) is 5.92 Å². The van der Waals surface area contributed by atoms with Crippen LogP contribution in [-0.2, 0) is 0 Å². The number of hydrogen-bond donors (Lipinski definition) is 1. The summed E-state index contributed by atoms with van der Waals surface area (Å²) in [7, 11) is 0. The van der Waals surface area contributed by atoms with Crippen LogP contribution < -0.4 is 10.1 Å². The molecule has 3 heteroatoms. The third kappa shape index (κ3) is 4.12. The average molecular weight is 306 g/mol. The van der Waals surface area contributed by atoms with Crippen LogP contribution in [0.25, 0.3) is 10.8 Å². The van der Waals surface area contributed by atoms with Crippen molar-refractivity contribution in [3.63, 3.8) is 0 Å². The molecule has 1 N–H and O–H groups in total. The highest BCUT2D eigenvalue weighted by Crippen LogP contribution is 2.32. The second-order valence-corrected chi connectivity index (χ2v) is 6.46. The first-order valence-electron chi connectivity index (χ1n) is 7.56. The number of hydrogen-bond acceptors (Lipinski definition) is 2. The molecule has 0 amide bonds. The number of ether oxygens (including phenoxy) is 1. The van der Waals surface area contributed by atoms with E-state index < -0.39 is 0 Å². The van der Waals surface area contributed by atoms with E-state index in [2.05, 4.69) is 39.1 Å². The molecule has 0 bridgehead atoms. The zero-order valence-electron chi connectivity index (χ0n) is 13.2. The molecular formula is C18H24ClNO. The Morgan fingerprint density at radius 3 is 2.29 bits per heavy atom. The summed E-state index contributed by atoms with van der Waals surface area (Å²) in [6.45, 7) is 9.51. The second kappa shape index (κ2) is 7.15. The normalized spacial score (nSPS) is 13.1. The Morgan fingerprint density at radius 2 is 1.67 bits per heavy atom. The third-order valence-electron chi connectivity index (χ3n) is 3.58. The molecule has 0 heterocycles. The molecule has 2 nitrogen and oxygen atoms in total. The third-order valence-corrected chi connectivity index (χ3v) is 3.91. The van der Waals surface area contributed by atoms with E-state index in [1.165, 1.54) is 0 Å². The first-order chi connectivity index (χ1) is 9.99. The van der Waals surface area contributed by atoms with E-state index in [0.717, 1.165) is 28.1 Å². The number of benzene rings is 2. The van der Waals surface area contributed by atoms with Crippen molar-refractivity contribution in [2.75, 3.05) is 6.54 Å². The first-order valence-corrected chi connectivity index (χ1v) is 7.94. The van der Waals surface area contributed by atoms with Gasteiger partial charge in [0.15, 0.2) is 0 Å². The van der Waals surface area contributed by atoms with Crippen molar-refractivity contribution < 1.29 is 4.74 Å². The average Bonchev–Trinajstić information content (AvgIpc) is 2.45. The van der Waals surface area contributed by atoms with Gasteiger partial charge in [0, 0.05) is 28.4 Å². The molecule has 0 spiro atoms. The van der Waals surface area contributed by atoms with E-state index in [1.807, 2.05) is 30.3 Å². The molecule has 114 valence electrons. The highest BCUT2D eigenvalue weighted by Gasteiger charge is 2.17. The van der Waals surface area contributed by atoms with E-state index in [9.17, 15) is 0 Å². The molecule has 2 aromatic carbocycles. The van der Waals surface area contributed by atoms with E-state index >= 15 is 0 Å². The molecule has 21 heavy (non-hydrogen) atoms. The minimum atomic E-state index is 0.136. The summed E-state index contributed by atoms with van der Waals surface area (Å²) in [5.41, 5.74) is 0. The van der Waals surface area contributed by atoms with Gasteiger partial charge < -0.3 is 10.1 Å². The predicted molar refractivity (Wildman–Crippen MR) is 91.4 cm³/mol. The zero-order valence-corrected chi connectivity index (χ0v) is 13.9. The van der Waals surface area contributed by atoms with Gasteiger partial charge in [-0.05, 0) is 18.1 Å². The minimum absolute atomic E-state index is 0.136. The lowest BCUT2D eigenvalue weighted by Crippen LogP contribution is -2.38. The van der Waals surface area contributed by atoms with E-state index in [1.54, 1.807) is 0 Å². The monoisotopic (exact) mass is 305 g/mol. The molecule has 0 radical (unpaired) electrons. The smallest absolute Gasteiger partial charge is 0.127 e. The van der Waals surface area contributed by atoms with Crippen molar-refractivity contribution >= 4 is 22.4 Å². The summed E-state index contributed by atoms with van der Waals surface area (Å²) in [5, 5.41) is 6.33. The van der Waals surface area contributed by atoms with Crippen LogP contribution in [0.4, 0.5) is 0 Å². The first kappa shape index (κ1) is 16.1. The Labute approximate surface area is 132 Å². The van der Waals surface area contributed by atoms with Gasteiger partial charge in [-0.15, -0.1) is 0 Å². The quantitative estimate of drug-likeness (QED) is 0.820. The zero-order chi connectivity index (χ0) is 15.4. The molecule has 0 aliphatic heterocycles. The number of halogens is 1. The Hall–Kier alpha value is -1.25. The summed E-state index contributed by atoms with van der Waals surface area (Å²) in [4.78, 5) is 0. The molecule has 0 aliphatic rings. The van der Waals surface area contributed by atoms with Crippen LogP contribution in [0.5, 0.6) is 5.75 Å². The van der Waals surface area contributed by atoms with E-state index in [-0.39, 0.29) is 6.10 Å². The minimum Gasteiger partial charge on any atom is -0.488 e. The topological polar surface area (TPSA) is 21.3 Å². The van der Waals surface area contributed by atoms with Gasteiger partial charge >= 0.3 is 0 Å². The molecule has 1 unspecified atom stereocenters. The fraction of sp³-hybridized carbons (Fsp3) is 0.444. The predicted octanol–water partition coefficient (Wildman–Crippen LogP) is 4.89. The summed E-state index contributed by atoms with van der Waals surface area (Å²) in [6.07, 6.45) is 0.136. The maximum absolute atomic E-state index is 6.27. The highest BCUT2D eigenvalue weighted by atomic mass is 35.5. The summed E-state index contributed by atoms with van der Waals surface area (Å²) in [5.74, 6) is 1.34. The van der Waals surface area contributed by atoms with Gasteiger partial charge in [-0.25, -0.2) is 0 Å². The van der Waals surface area contributed by atoms with Crippen LogP contribution in [0.15, 0.2) is 36.4 Å². The second-order valence-electron chi connectivity index (χ2n) is 6.05. The molecule has 0 fully saturated rings. The van der Waals surface area contributed by atoms with E-state index in [4.69, 9.17) is 16.3 Å². The van der Waals surface area contributed by atoms with Crippen LogP contribution in [0.3, 0.4) is 0 Å². The molecule has 0 aliphatic carbocycles. The Balaban J connectivity index is 2.26. The van der Waals surface area contributed by atoms with Crippen LogP contribution in [-0.4, -0.2) is 18.7 Å². The standard InChI is InChI=1S/C18H24ClNO/c1-12(2)18(11-20-13(3)4)21-17-10-9-16(19)14-7-5-6-8-15(14)17/h5-10,12-13,18,20H,11H2,1-4H3. The SMILES string of the molecule is CC(C)NCC(Oc1ccc(Cl)c2ccccc12)C(C)C. The van der Waals surface area contributed by atoms with Gasteiger partial charge in [-0.1, -0.05) is 63.6 Å². The lowest BCUT2D eigenvalue weighted by molar-refractivity contribution is 0.148. The van der Waals surface area contributed by atoms with Crippen molar-refractivity contribution in [1.29, 1.82) is 0 Å². The lowest BCUT2D eigenvalue weighted by Gasteiger charge is -2.25. The van der Waals surface area contributed by atoms with E-state index in [0.29, 0.717) is 12.0 Å². The summed E-state index contributed by atoms with van der Waals surface area (Å²) >= 11 is 6.26. The Morgan fingerprint density at radius 1 is 1.00 bits per heavy atom. The number of rotatable bonds is 6. The fourth-order valence-electron chi connectivity index (χ4n) is 2.27. The number of nitrogens with one attached hydrogen (secondary N) is 1. The van der Waals surface area contributed by atoms with Crippen LogP contribution in [0.1, 0.15) is 27.7 Å². The van der Waals surface area contributed by atoms with Gasteiger partial charge in [0.1, 0.15) is 11.9 Å². The highest BCUT2D eigenvalue weighted by molar-refractivity contribution is 6.35. The lowest BCUT2D eigenvalue weighted by atomic mass is 10.1. The fourth-order valence-corrected chi connectivity index (χ4v) is 2.49. The summed E-state index contributed by atoms with van der Waals surface area (Å²) < 4.78 is 6.27. The molecule has 0 saturated carbocycles. The summed E-state index contributed by atoms with van der Waals surface area (Å²) in [6, 6.07) is 12.4. The van der Waals surface area contributed by atoms with Gasteiger partial charge in [-0.2, -0.15) is 0 Å². The molecule has 0 saturated heterocycles. The largest absolute Gasteiger partial charge is 0.488 e. The maximum atomic E-state index is 6.27. The molecule has 0 aromatic heterocycles. The number of fused-ring (bicyclic) bond motifs is 1. The molecule has 2 rings (SSSR count). The van der Waals surface area contributed by atoms with Crippen molar-refractivity contribution in [1.82, 2.24) is 5.32 Å². The van der Waals surface area contributed by atoms with Crippen LogP contribution in [0.2, 0.25) is 5.02 Å². The van der Waals surface area contributed by atoms with Crippen molar-refractivity contribution in [2.45, 2.75) is 39.8 Å². The van der Waals surface area contributed by atoms with Crippen molar-refractivity contribution in [3.8, 4) is 5.75 Å². The van der Waals surface area contributed by atoms with Gasteiger partial charge in [0.2, 0.25) is 0 Å². The Bertz CT molecular complexity index is 595. The maximum Gasteiger partial charge on any atom is 0.127 e. The molecule has 1 atom stereocenters. The Kier molecular flexibility index (Phi) is 5.49.